The molecular formula is C18H18N4O. The molecule has 0 unspecified atom stereocenters. The molecule has 0 radical (unpaired) electrons. The van der Waals surface area contributed by atoms with Gasteiger partial charge in [0.1, 0.15) is 5.82 Å². The molecule has 5 heteroatoms. The highest BCUT2D eigenvalue weighted by molar-refractivity contribution is 5.93. The second kappa shape index (κ2) is 6.44. The van der Waals surface area contributed by atoms with E-state index in [2.05, 4.69) is 15.3 Å². The van der Waals surface area contributed by atoms with Crippen LogP contribution in [-0.2, 0) is 11.2 Å². The van der Waals surface area contributed by atoms with Gasteiger partial charge < -0.3 is 5.32 Å². The van der Waals surface area contributed by atoms with Gasteiger partial charge in [-0.2, -0.15) is 0 Å². The summed E-state index contributed by atoms with van der Waals surface area (Å²) in [6.45, 7) is 3.90. The number of nitrogens with zero attached hydrogens (tertiary/aromatic N) is 3. The normalized spacial score (nSPS) is 10.5. The topological polar surface area (TPSA) is 59.8 Å². The van der Waals surface area contributed by atoms with Gasteiger partial charge in [0.25, 0.3) is 0 Å². The van der Waals surface area contributed by atoms with Crippen LogP contribution in [0.2, 0.25) is 0 Å². The number of nitrogens with one attached hydrogen (secondary N) is 1. The molecule has 116 valence electrons. The van der Waals surface area contributed by atoms with Gasteiger partial charge in [-0.15, -0.1) is 0 Å². The van der Waals surface area contributed by atoms with Gasteiger partial charge in [0, 0.05) is 18.6 Å². The van der Waals surface area contributed by atoms with E-state index in [9.17, 15) is 4.79 Å². The Bertz CT molecular complexity index is 838. The number of carbonyl (C=O) groups excluding carboxylic acids is 1. The van der Waals surface area contributed by atoms with Crippen molar-refractivity contribution in [3.05, 3.63) is 71.9 Å². The van der Waals surface area contributed by atoms with Crippen LogP contribution in [0.15, 0.2) is 55.0 Å². The molecule has 0 aliphatic heterocycles. The summed E-state index contributed by atoms with van der Waals surface area (Å²) >= 11 is 0. The molecular weight excluding hydrogens is 288 g/mol. The first kappa shape index (κ1) is 15.0. The average Bonchev–Trinajstić information content (AvgIpc) is 2.96. The van der Waals surface area contributed by atoms with E-state index in [-0.39, 0.29) is 5.91 Å². The number of aromatic nitrogens is 3. The largest absolute Gasteiger partial charge is 0.323 e. The summed E-state index contributed by atoms with van der Waals surface area (Å²) in [5.74, 6) is 1.42. The minimum Gasteiger partial charge on any atom is -0.323 e. The fourth-order valence-corrected chi connectivity index (χ4v) is 2.46. The maximum Gasteiger partial charge on any atom is 0.228 e. The summed E-state index contributed by atoms with van der Waals surface area (Å²) in [5.41, 5.74) is 2.81. The van der Waals surface area contributed by atoms with E-state index in [4.69, 9.17) is 0 Å². The maximum atomic E-state index is 12.4. The summed E-state index contributed by atoms with van der Waals surface area (Å²) in [7, 11) is 0. The van der Waals surface area contributed by atoms with E-state index >= 15 is 0 Å². The molecule has 0 bridgehead atoms. The van der Waals surface area contributed by atoms with E-state index in [1.54, 1.807) is 18.5 Å². The SMILES string of the molecule is Cc1ccccc1CC(=O)Nc1cccnc1-n1ccnc1C. The van der Waals surface area contributed by atoms with Gasteiger partial charge in [-0.25, -0.2) is 9.97 Å². The second-order valence-electron chi connectivity index (χ2n) is 5.37. The van der Waals surface area contributed by atoms with Crippen LogP contribution in [-0.4, -0.2) is 20.4 Å². The molecule has 0 saturated heterocycles. The number of anilines is 1. The molecule has 1 aromatic carbocycles. The predicted octanol–water partition coefficient (Wildman–Crippen LogP) is 3.07. The molecule has 1 amide bonds. The number of hydrogen-bond acceptors (Lipinski definition) is 3. The molecule has 2 heterocycles. The fraction of sp³-hybridized carbons (Fsp3) is 0.167. The van der Waals surface area contributed by atoms with Crippen LogP contribution in [0.25, 0.3) is 5.82 Å². The number of aryl methyl sites for hydroxylation is 2. The summed E-state index contributed by atoms with van der Waals surface area (Å²) in [6.07, 6.45) is 5.58. The van der Waals surface area contributed by atoms with Crippen molar-refractivity contribution in [1.82, 2.24) is 14.5 Å². The molecule has 0 fully saturated rings. The van der Waals surface area contributed by atoms with Gasteiger partial charge in [-0.1, -0.05) is 24.3 Å². The zero-order valence-corrected chi connectivity index (χ0v) is 13.2. The van der Waals surface area contributed by atoms with Gasteiger partial charge in [0.05, 0.1) is 12.1 Å². The lowest BCUT2D eigenvalue weighted by atomic mass is 10.1. The zero-order chi connectivity index (χ0) is 16.2. The smallest absolute Gasteiger partial charge is 0.228 e. The lowest BCUT2D eigenvalue weighted by Gasteiger charge is -2.12. The van der Waals surface area contributed by atoms with Crippen molar-refractivity contribution in [2.24, 2.45) is 0 Å². The summed E-state index contributed by atoms with van der Waals surface area (Å²) in [5, 5.41) is 2.95. The van der Waals surface area contributed by atoms with Crippen LogP contribution < -0.4 is 5.32 Å². The van der Waals surface area contributed by atoms with Crippen molar-refractivity contribution in [3.63, 3.8) is 0 Å². The van der Waals surface area contributed by atoms with E-state index in [1.165, 1.54) is 0 Å². The third-order valence-electron chi connectivity index (χ3n) is 3.73. The first-order valence-corrected chi connectivity index (χ1v) is 7.45. The summed E-state index contributed by atoms with van der Waals surface area (Å²) in [6, 6.07) is 11.5. The number of rotatable bonds is 4. The molecule has 0 spiro atoms. The Kier molecular flexibility index (Phi) is 4.19. The van der Waals surface area contributed by atoms with Crippen molar-refractivity contribution in [2.45, 2.75) is 20.3 Å². The van der Waals surface area contributed by atoms with E-state index in [1.807, 2.05) is 54.9 Å². The maximum absolute atomic E-state index is 12.4. The van der Waals surface area contributed by atoms with Crippen molar-refractivity contribution >= 4 is 11.6 Å². The number of carbonyl (C=O) groups is 1. The van der Waals surface area contributed by atoms with Gasteiger partial charge in [0.15, 0.2) is 5.82 Å². The first-order valence-electron chi connectivity index (χ1n) is 7.45. The van der Waals surface area contributed by atoms with Crippen LogP contribution in [0.4, 0.5) is 5.69 Å². The quantitative estimate of drug-likeness (QED) is 0.806. The van der Waals surface area contributed by atoms with E-state index in [0.29, 0.717) is 17.9 Å². The molecule has 0 atom stereocenters. The zero-order valence-electron chi connectivity index (χ0n) is 13.2. The van der Waals surface area contributed by atoms with Crippen LogP contribution >= 0.6 is 0 Å². The monoisotopic (exact) mass is 306 g/mol. The average molecular weight is 306 g/mol. The molecule has 3 aromatic rings. The number of pyridine rings is 1. The van der Waals surface area contributed by atoms with Gasteiger partial charge in [-0.05, 0) is 37.1 Å². The van der Waals surface area contributed by atoms with Crippen LogP contribution in [0, 0.1) is 13.8 Å². The predicted molar refractivity (Wildman–Crippen MR) is 89.6 cm³/mol. The standard InChI is InChI=1S/C18H18N4O/c1-13-6-3-4-7-15(13)12-17(23)21-16-8-5-9-20-18(16)22-11-10-19-14(22)2/h3-11H,12H2,1-2H3,(H,21,23). The van der Waals surface area contributed by atoms with E-state index < -0.39 is 0 Å². The van der Waals surface area contributed by atoms with Crippen molar-refractivity contribution in [2.75, 3.05) is 5.32 Å². The first-order chi connectivity index (χ1) is 11.1. The highest BCUT2D eigenvalue weighted by Crippen LogP contribution is 2.19. The Labute approximate surface area is 135 Å². The second-order valence-corrected chi connectivity index (χ2v) is 5.37. The third-order valence-corrected chi connectivity index (χ3v) is 3.73. The molecule has 0 aliphatic carbocycles. The van der Waals surface area contributed by atoms with Crippen LogP contribution in [0.5, 0.6) is 0 Å². The molecule has 1 N–H and O–H groups in total. The number of amides is 1. The molecule has 3 rings (SSSR count). The molecule has 5 nitrogen and oxygen atoms in total. The van der Waals surface area contributed by atoms with Crippen molar-refractivity contribution < 1.29 is 4.79 Å². The van der Waals surface area contributed by atoms with Gasteiger partial charge in [-0.3, -0.25) is 9.36 Å². The van der Waals surface area contributed by atoms with Crippen molar-refractivity contribution in [3.8, 4) is 5.82 Å². The number of imidazole rings is 1. The Hall–Kier alpha value is -2.95. The Morgan fingerprint density at radius 1 is 1.09 bits per heavy atom. The molecule has 23 heavy (non-hydrogen) atoms. The Balaban J connectivity index is 1.82. The summed E-state index contributed by atoms with van der Waals surface area (Å²) in [4.78, 5) is 20.9. The van der Waals surface area contributed by atoms with Crippen LogP contribution in [0.1, 0.15) is 17.0 Å². The Morgan fingerprint density at radius 3 is 2.65 bits per heavy atom. The Morgan fingerprint density at radius 2 is 1.91 bits per heavy atom. The lowest BCUT2D eigenvalue weighted by molar-refractivity contribution is -0.115. The summed E-state index contributed by atoms with van der Waals surface area (Å²) < 4.78 is 1.85. The highest BCUT2D eigenvalue weighted by atomic mass is 16.1. The molecule has 2 aromatic heterocycles. The third kappa shape index (κ3) is 3.29. The van der Waals surface area contributed by atoms with Crippen molar-refractivity contribution in [1.29, 1.82) is 0 Å². The number of benzene rings is 1. The minimum atomic E-state index is -0.0636. The van der Waals surface area contributed by atoms with Crippen LogP contribution in [0.3, 0.4) is 0 Å². The van der Waals surface area contributed by atoms with E-state index in [0.717, 1.165) is 17.0 Å². The van der Waals surface area contributed by atoms with Gasteiger partial charge >= 0.3 is 0 Å². The highest BCUT2D eigenvalue weighted by Gasteiger charge is 2.12. The molecule has 0 aliphatic rings. The molecule has 0 saturated carbocycles. The van der Waals surface area contributed by atoms with Gasteiger partial charge in [0.2, 0.25) is 5.91 Å². The minimum absolute atomic E-state index is 0.0636. The number of hydrogen-bond donors (Lipinski definition) is 1. The lowest BCUT2D eigenvalue weighted by Crippen LogP contribution is -2.17. The fourth-order valence-electron chi connectivity index (χ4n) is 2.46.